The molecule has 156 valence electrons. The van der Waals surface area contributed by atoms with Crippen LogP contribution in [0, 0.1) is 11.6 Å². The number of amides is 1. The zero-order valence-electron chi connectivity index (χ0n) is 15.6. The number of carbonyl (C=O) groups is 1. The van der Waals surface area contributed by atoms with Gasteiger partial charge in [-0.05, 0) is 12.1 Å². The van der Waals surface area contributed by atoms with Crippen LogP contribution in [0.5, 0.6) is 0 Å². The van der Waals surface area contributed by atoms with Crippen LogP contribution in [-0.2, 0) is 39.2 Å². The largest absolute Gasteiger partial charge is 0.441 e. The second kappa shape index (κ2) is 6.95. The Hall–Kier alpha value is -2.73. The lowest BCUT2D eigenvalue weighted by Crippen LogP contribution is -2.28. The number of ether oxygens (including phenoxy) is 1. The molecule has 12 heteroatoms. The van der Waals surface area contributed by atoms with Gasteiger partial charge in [0.25, 0.3) is 10.1 Å². The molecule has 2 aromatic rings. The number of benzene rings is 1. The van der Waals surface area contributed by atoms with E-state index in [4.69, 9.17) is 4.74 Å². The quantitative estimate of drug-likeness (QED) is 0.667. The van der Waals surface area contributed by atoms with E-state index in [0.29, 0.717) is 13.1 Å². The van der Waals surface area contributed by atoms with Gasteiger partial charge < -0.3 is 9.64 Å². The Morgan fingerprint density at radius 1 is 1.24 bits per heavy atom. The molecule has 0 radical (unpaired) electrons. The van der Waals surface area contributed by atoms with Crippen molar-refractivity contribution in [2.24, 2.45) is 7.05 Å². The summed E-state index contributed by atoms with van der Waals surface area (Å²) in [5.74, 6) is -2.27. The van der Waals surface area contributed by atoms with E-state index >= 15 is 0 Å². The summed E-state index contributed by atoms with van der Waals surface area (Å²) < 4.78 is 62.9. The van der Waals surface area contributed by atoms with Crippen molar-refractivity contribution in [2.45, 2.75) is 19.2 Å². The second-order valence-corrected chi connectivity index (χ2v) is 8.61. The molecule has 2 aliphatic rings. The molecule has 1 atom stereocenters. The molecule has 4 rings (SSSR count). The van der Waals surface area contributed by atoms with E-state index in [0.717, 1.165) is 22.4 Å². The van der Waals surface area contributed by atoms with Crippen LogP contribution in [0.15, 0.2) is 18.3 Å². The number of aromatic nitrogens is 2. The van der Waals surface area contributed by atoms with E-state index in [-0.39, 0.29) is 17.9 Å². The summed E-state index contributed by atoms with van der Waals surface area (Å²) in [4.78, 5) is 14.6. The maximum absolute atomic E-state index is 14.8. The minimum absolute atomic E-state index is 0.0661. The van der Waals surface area contributed by atoms with Gasteiger partial charge in [-0.25, -0.2) is 13.6 Å². The van der Waals surface area contributed by atoms with Crippen molar-refractivity contribution in [3.05, 3.63) is 41.2 Å². The Bertz CT molecular complexity index is 1060. The van der Waals surface area contributed by atoms with Gasteiger partial charge in [0.1, 0.15) is 12.7 Å². The van der Waals surface area contributed by atoms with Crippen molar-refractivity contribution >= 4 is 27.6 Å². The Balaban J connectivity index is 1.52. The van der Waals surface area contributed by atoms with Gasteiger partial charge in [0.15, 0.2) is 11.6 Å². The summed E-state index contributed by atoms with van der Waals surface area (Å²) in [5, 5.41) is 4.29. The van der Waals surface area contributed by atoms with Crippen LogP contribution in [0.4, 0.5) is 25.0 Å². The van der Waals surface area contributed by atoms with Crippen LogP contribution in [0.25, 0.3) is 0 Å². The van der Waals surface area contributed by atoms with Crippen LogP contribution < -0.4 is 9.80 Å². The minimum atomic E-state index is -3.72. The average Bonchev–Trinajstić information content (AvgIpc) is 3.27. The predicted octanol–water partition coefficient (Wildman–Crippen LogP) is 1.52. The Morgan fingerprint density at radius 3 is 2.62 bits per heavy atom. The van der Waals surface area contributed by atoms with Crippen LogP contribution >= 0.6 is 0 Å². The number of halogens is 2. The van der Waals surface area contributed by atoms with Crippen molar-refractivity contribution in [1.82, 2.24) is 9.78 Å². The normalized spacial score (nSPS) is 19.0. The molecule has 9 nitrogen and oxygen atoms in total. The molecule has 0 N–H and O–H groups in total. The molecule has 1 aromatic heterocycles. The molecule has 0 bridgehead atoms. The fraction of sp³-hybridized carbons (Fsp3) is 0.412. The first-order chi connectivity index (χ1) is 13.6. The SMILES string of the molecule is Cn1cc2c(n1)CN(c1ccc(N3CC(COS(C)(=O)=O)OC3=O)c(F)c1F)C2. The van der Waals surface area contributed by atoms with E-state index in [1.165, 1.54) is 12.1 Å². The van der Waals surface area contributed by atoms with Crippen molar-refractivity contribution in [1.29, 1.82) is 0 Å². The summed E-state index contributed by atoms with van der Waals surface area (Å²) in [6, 6.07) is 2.69. The molecule has 1 saturated heterocycles. The number of nitrogens with zero attached hydrogens (tertiary/aromatic N) is 4. The highest BCUT2D eigenvalue weighted by molar-refractivity contribution is 7.85. The molecule has 1 unspecified atom stereocenters. The average molecular weight is 428 g/mol. The molecule has 0 spiro atoms. The summed E-state index contributed by atoms with van der Waals surface area (Å²) in [6.45, 7) is 0.185. The lowest BCUT2D eigenvalue weighted by Gasteiger charge is -2.21. The van der Waals surface area contributed by atoms with Crippen LogP contribution in [0.2, 0.25) is 0 Å². The van der Waals surface area contributed by atoms with E-state index in [1.54, 1.807) is 16.6 Å². The molecule has 0 aliphatic carbocycles. The fourth-order valence-electron chi connectivity index (χ4n) is 3.45. The van der Waals surface area contributed by atoms with Crippen molar-refractivity contribution in [2.75, 3.05) is 29.2 Å². The molecule has 2 aliphatic heterocycles. The van der Waals surface area contributed by atoms with E-state index in [9.17, 15) is 22.0 Å². The topological polar surface area (TPSA) is 94.0 Å². The Labute approximate surface area is 165 Å². The zero-order chi connectivity index (χ0) is 20.9. The summed E-state index contributed by atoms with van der Waals surface area (Å²) in [5.41, 5.74) is 1.52. The van der Waals surface area contributed by atoms with E-state index in [1.807, 2.05) is 6.20 Å². The van der Waals surface area contributed by atoms with Crippen LogP contribution in [0.3, 0.4) is 0 Å². The zero-order valence-corrected chi connectivity index (χ0v) is 16.4. The molecule has 0 saturated carbocycles. The maximum Gasteiger partial charge on any atom is 0.414 e. The number of aryl methyl sites for hydroxylation is 1. The lowest BCUT2D eigenvalue weighted by atomic mass is 10.2. The molecule has 1 fully saturated rings. The fourth-order valence-corrected chi connectivity index (χ4v) is 3.85. The molecular weight excluding hydrogens is 410 g/mol. The van der Waals surface area contributed by atoms with E-state index in [2.05, 4.69) is 9.28 Å². The smallest absolute Gasteiger partial charge is 0.414 e. The van der Waals surface area contributed by atoms with Crippen molar-refractivity contribution in [3.63, 3.8) is 0 Å². The number of hydrogen-bond acceptors (Lipinski definition) is 7. The first kappa shape index (κ1) is 19.6. The first-order valence-electron chi connectivity index (χ1n) is 8.69. The molecule has 1 amide bonds. The molecular formula is C17H18F2N4O5S. The summed E-state index contributed by atoms with van der Waals surface area (Å²) in [6.07, 6.45) is 0.869. The maximum atomic E-state index is 14.8. The number of cyclic esters (lactones) is 1. The first-order valence-corrected chi connectivity index (χ1v) is 10.5. The van der Waals surface area contributed by atoms with Gasteiger partial charge in [0, 0.05) is 25.4 Å². The number of hydrogen-bond donors (Lipinski definition) is 0. The van der Waals surface area contributed by atoms with Crippen LogP contribution in [-0.4, -0.2) is 49.8 Å². The molecule has 29 heavy (non-hydrogen) atoms. The van der Waals surface area contributed by atoms with E-state index < -0.39 is 40.6 Å². The lowest BCUT2D eigenvalue weighted by molar-refractivity contribution is 0.107. The van der Waals surface area contributed by atoms with Gasteiger partial charge in [-0.2, -0.15) is 13.5 Å². The van der Waals surface area contributed by atoms with Gasteiger partial charge in [-0.1, -0.05) is 0 Å². The number of fused-ring (bicyclic) bond motifs is 1. The van der Waals surface area contributed by atoms with Gasteiger partial charge in [0.05, 0.1) is 36.4 Å². The highest BCUT2D eigenvalue weighted by Crippen LogP contribution is 2.35. The van der Waals surface area contributed by atoms with Gasteiger partial charge >= 0.3 is 6.09 Å². The molecule has 3 heterocycles. The number of anilines is 2. The third-order valence-corrected chi connectivity index (χ3v) is 5.27. The standard InChI is InChI=1S/C17H18F2N4O5S/c1-21-5-10-6-22(8-12(10)20-21)13-3-4-14(16(19)15(13)18)23-7-11(28-17(23)24)9-27-29(2,25)26/h3-5,11H,6-9H2,1-2H3. The van der Waals surface area contributed by atoms with Gasteiger partial charge in [-0.3, -0.25) is 13.8 Å². The highest BCUT2D eigenvalue weighted by atomic mass is 32.2. The minimum Gasteiger partial charge on any atom is -0.441 e. The van der Waals surface area contributed by atoms with Gasteiger partial charge in [0.2, 0.25) is 0 Å². The Morgan fingerprint density at radius 2 is 1.93 bits per heavy atom. The summed E-state index contributed by atoms with van der Waals surface area (Å²) >= 11 is 0. The van der Waals surface area contributed by atoms with Gasteiger partial charge in [-0.15, -0.1) is 0 Å². The molecule has 1 aromatic carbocycles. The Kier molecular flexibility index (Phi) is 4.69. The third kappa shape index (κ3) is 3.77. The van der Waals surface area contributed by atoms with Crippen molar-refractivity contribution in [3.8, 4) is 0 Å². The highest BCUT2D eigenvalue weighted by Gasteiger charge is 2.36. The van der Waals surface area contributed by atoms with Crippen LogP contribution in [0.1, 0.15) is 11.3 Å². The third-order valence-electron chi connectivity index (χ3n) is 4.71. The number of rotatable bonds is 5. The second-order valence-electron chi connectivity index (χ2n) is 6.97. The summed E-state index contributed by atoms with van der Waals surface area (Å²) in [7, 11) is -1.93. The van der Waals surface area contributed by atoms with Crippen molar-refractivity contribution < 1.29 is 30.9 Å². The predicted molar refractivity (Wildman–Crippen MR) is 97.9 cm³/mol. The number of carbonyl (C=O) groups excluding carboxylic acids is 1. The monoisotopic (exact) mass is 428 g/mol.